The van der Waals surface area contributed by atoms with Gasteiger partial charge in [-0.2, -0.15) is 0 Å². The van der Waals surface area contributed by atoms with Crippen LogP contribution >= 0.6 is 12.4 Å². The number of nitrogens with zero attached hydrogens (tertiary/aromatic N) is 4. The van der Waals surface area contributed by atoms with E-state index < -0.39 is 10.0 Å². The number of fused-ring (bicyclic) bond motifs is 1. The van der Waals surface area contributed by atoms with E-state index in [2.05, 4.69) is 23.3 Å². The van der Waals surface area contributed by atoms with Crippen LogP contribution < -0.4 is 14.8 Å². The number of ether oxygens (including phenoxy) is 1. The molecule has 0 aliphatic heterocycles. The van der Waals surface area contributed by atoms with Gasteiger partial charge in [0.1, 0.15) is 17.4 Å². The summed E-state index contributed by atoms with van der Waals surface area (Å²) in [6.07, 6.45) is 1.50. The van der Waals surface area contributed by atoms with Crippen molar-refractivity contribution in [2.24, 2.45) is 12.8 Å². The first-order valence-electron chi connectivity index (χ1n) is 13.5. The number of methoxy groups -OCH3 is 1. The van der Waals surface area contributed by atoms with Crippen molar-refractivity contribution in [3.05, 3.63) is 83.7 Å². The van der Waals surface area contributed by atoms with Crippen LogP contribution in [0.15, 0.2) is 71.6 Å². The van der Waals surface area contributed by atoms with Crippen molar-refractivity contribution >= 4 is 45.0 Å². The van der Waals surface area contributed by atoms with Gasteiger partial charge in [0.2, 0.25) is 0 Å². The zero-order valence-electron chi connectivity index (χ0n) is 24.0. The number of likely N-dealkylation sites (N-methyl/N-ethyl adjacent to an activating group) is 1. The van der Waals surface area contributed by atoms with E-state index in [-0.39, 0.29) is 23.1 Å². The van der Waals surface area contributed by atoms with Crippen LogP contribution in [0, 0.1) is 5.41 Å². The minimum absolute atomic E-state index is 0. The summed E-state index contributed by atoms with van der Waals surface area (Å²) in [5.74, 6) is 1.45. The molecule has 0 unspecified atom stereocenters. The molecule has 0 fully saturated rings. The molecule has 0 aliphatic rings. The van der Waals surface area contributed by atoms with Gasteiger partial charge in [0, 0.05) is 38.2 Å². The van der Waals surface area contributed by atoms with E-state index in [1.54, 1.807) is 24.3 Å². The van der Waals surface area contributed by atoms with Gasteiger partial charge in [-0.1, -0.05) is 44.2 Å². The lowest BCUT2D eigenvalue weighted by Gasteiger charge is -2.28. The number of aryl methyl sites for hydroxylation is 3. The number of hydrogen-bond acceptors (Lipinski definition) is 6. The lowest BCUT2D eigenvalue weighted by molar-refractivity contribution is 0.313. The zero-order chi connectivity index (χ0) is 28.9. The number of nitrogen functional groups attached to an aromatic ring is 1. The lowest BCUT2D eigenvalue weighted by atomic mass is 10.1. The Hall–Kier alpha value is -3.60. The Kier molecular flexibility index (Phi) is 10.8. The van der Waals surface area contributed by atoms with Crippen molar-refractivity contribution in [1.82, 2.24) is 14.5 Å². The molecule has 1 heterocycles. The summed E-state index contributed by atoms with van der Waals surface area (Å²) < 4.78 is 36.7. The van der Waals surface area contributed by atoms with Crippen molar-refractivity contribution in [3.8, 4) is 5.75 Å². The number of imidazole rings is 1. The standard InChI is InChI=1S/C30H38N6O3S.ClH/c1-5-35(6-2)18-19-36(40(37,38)26-9-7-8-25(21-26)39-4)24-15-16-28-27(20-24)33-29(34(28)3)17-12-22-10-13-23(14-11-22)30(31)32;/h7-11,13-16,20-21H,5-6,12,17-19H2,1-4H3,(H3,31,32);1H. The van der Waals surface area contributed by atoms with Gasteiger partial charge in [0.15, 0.2) is 0 Å². The molecule has 0 amide bonds. The first-order chi connectivity index (χ1) is 19.2. The highest BCUT2D eigenvalue weighted by molar-refractivity contribution is 7.92. The van der Waals surface area contributed by atoms with Crippen molar-refractivity contribution in [2.75, 3.05) is 37.6 Å². The van der Waals surface area contributed by atoms with Crippen LogP contribution in [-0.4, -0.2) is 62.0 Å². The molecule has 0 saturated carbocycles. The van der Waals surface area contributed by atoms with Crippen LogP contribution in [0.3, 0.4) is 0 Å². The van der Waals surface area contributed by atoms with Gasteiger partial charge < -0.3 is 19.9 Å². The van der Waals surface area contributed by atoms with E-state index in [0.29, 0.717) is 36.5 Å². The molecule has 0 atom stereocenters. The fourth-order valence-corrected chi connectivity index (χ4v) is 6.26. The second kappa shape index (κ2) is 13.8. The minimum atomic E-state index is -3.86. The molecule has 4 aromatic rings. The summed E-state index contributed by atoms with van der Waals surface area (Å²) in [5, 5.41) is 7.57. The second-order valence-corrected chi connectivity index (χ2v) is 11.5. The van der Waals surface area contributed by atoms with Gasteiger partial charge in [-0.15, -0.1) is 12.4 Å². The Morgan fingerprint density at radius 3 is 2.34 bits per heavy atom. The van der Waals surface area contributed by atoms with Crippen molar-refractivity contribution < 1.29 is 13.2 Å². The quantitative estimate of drug-likeness (QED) is 0.171. The summed E-state index contributed by atoms with van der Waals surface area (Å²) in [5.41, 5.74) is 9.66. The van der Waals surface area contributed by atoms with Crippen LogP contribution in [-0.2, 0) is 29.9 Å². The third-order valence-corrected chi connectivity index (χ3v) is 9.11. The van der Waals surface area contributed by atoms with E-state index in [1.807, 2.05) is 49.5 Å². The normalized spacial score (nSPS) is 11.4. The van der Waals surface area contributed by atoms with Crippen molar-refractivity contribution in [2.45, 2.75) is 31.6 Å². The number of hydrogen-bond donors (Lipinski definition) is 2. The Balaban J connectivity index is 0.00000462. The molecule has 0 aliphatic carbocycles. The average Bonchev–Trinajstić information content (AvgIpc) is 3.28. The third-order valence-electron chi connectivity index (χ3n) is 7.29. The summed E-state index contributed by atoms with van der Waals surface area (Å²) in [7, 11) is -0.353. The number of rotatable bonds is 13. The number of anilines is 1. The van der Waals surface area contributed by atoms with Crippen LogP contribution in [0.5, 0.6) is 5.75 Å². The number of amidine groups is 1. The Morgan fingerprint density at radius 1 is 1.00 bits per heavy atom. The number of benzene rings is 3. The van der Waals surface area contributed by atoms with Crippen LogP contribution in [0.25, 0.3) is 11.0 Å². The fourth-order valence-electron chi connectivity index (χ4n) is 4.77. The molecular weight excluding hydrogens is 560 g/mol. The number of aromatic nitrogens is 2. The first kappa shape index (κ1) is 31.9. The Bertz CT molecular complexity index is 1580. The number of sulfonamides is 1. The predicted octanol–water partition coefficient (Wildman–Crippen LogP) is 4.61. The molecule has 4 rings (SSSR count). The zero-order valence-corrected chi connectivity index (χ0v) is 25.6. The molecule has 9 nitrogen and oxygen atoms in total. The lowest BCUT2D eigenvalue weighted by Crippen LogP contribution is -2.38. The summed E-state index contributed by atoms with van der Waals surface area (Å²) >= 11 is 0. The highest BCUT2D eigenvalue weighted by Crippen LogP contribution is 2.29. The molecule has 3 N–H and O–H groups in total. The maximum Gasteiger partial charge on any atom is 0.264 e. The topological polar surface area (TPSA) is 118 Å². The van der Waals surface area contributed by atoms with Crippen LogP contribution in [0.1, 0.15) is 30.8 Å². The summed E-state index contributed by atoms with van der Waals surface area (Å²) in [6, 6.07) is 19.9. The molecule has 11 heteroatoms. The molecule has 1 aromatic heterocycles. The van der Waals surface area contributed by atoms with Gasteiger partial charge in [0.05, 0.1) is 28.7 Å². The summed E-state index contributed by atoms with van der Waals surface area (Å²) in [4.78, 5) is 7.27. The molecule has 0 bridgehead atoms. The van der Waals surface area contributed by atoms with Gasteiger partial charge in [-0.3, -0.25) is 9.71 Å². The maximum absolute atomic E-state index is 13.9. The number of halogens is 1. The molecule has 0 radical (unpaired) electrons. The van der Waals surface area contributed by atoms with Gasteiger partial charge >= 0.3 is 0 Å². The van der Waals surface area contributed by atoms with E-state index in [1.165, 1.54) is 11.4 Å². The smallest absolute Gasteiger partial charge is 0.264 e. The van der Waals surface area contributed by atoms with Crippen molar-refractivity contribution in [1.29, 1.82) is 5.41 Å². The van der Waals surface area contributed by atoms with Gasteiger partial charge in [0.25, 0.3) is 10.0 Å². The SMILES string of the molecule is CCN(CC)CCN(c1ccc2c(c1)nc(CCc1ccc(C(=N)N)cc1)n2C)S(=O)(=O)c1cccc(OC)c1.Cl. The molecule has 3 aromatic carbocycles. The Morgan fingerprint density at radius 2 is 1.71 bits per heavy atom. The predicted molar refractivity (Wildman–Crippen MR) is 168 cm³/mol. The third kappa shape index (κ3) is 7.19. The molecular formula is C30H39ClN6O3S. The fraction of sp³-hybridized carbons (Fsp3) is 0.333. The summed E-state index contributed by atoms with van der Waals surface area (Å²) in [6.45, 7) is 6.73. The molecule has 0 spiro atoms. The van der Waals surface area contributed by atoms with E-state index in [0.717, 1.165) is 41.9 Å². The molecule has 220 valence electrons. The maximum atomic E-state index is 13.9. The van der Waals surface area contributed by atoms with Gasteiger partial charge in [-0.25, -0.2) is 13.4 Å². The molecule has 0 saturated heterocycles. The monoisotopic (exact) mass is 598 g/mol. The molecule has 41 heavy (non-hydrogen) atoms. The first-order valence-corrected chi connectivity index (χ1v) is 14.9. The highest BCUT2D eigenvalue weighted by Gasteiger charge is 2.26. The average molecular weight is 599 g/mol. The minimum Gasteiger partial charge on any atom is -0.497 e. The second-order valence-electron chi connectivity index (χ2n) is 9.65. The van der Waals surface area contributed by atoms with Gasteiger partial charge in [-0.05, 0) is 55.4 Å². The van der Waals surface area contributed by atoms with E-state index in [4.69, 9.17) is 20.9 Å². The van der Waals surface area contributed by atoms with Crippen LogP contribution in [0.2, 0.25) is 0 Å². The number of nitrogens with one attached hydrogen (secondary N) is 1. The van der Waals surface area contributed by atoms with E-state index >= 15 is 0 Å². The number of nitrogens with two attached hydrogens (primary N) is 1. The Labute approximate surface area is 248 Å². The highest BCUT2D eigenvalue weighted by atomic mass is 35.5. The van der Waals surface area contributed by atoms with Crippen LogP contribution in [0.4, 0.5) is 5.69 Å². The van der Waals surface area contributed by atoms with E-state index in [9.17, 15) is 8.42 Å². The van der Waals surface area contributed by atoms with Crippen molar-refractivity contribution in [3.63, 3.8) is 0 Å². The largest absolute Gasteiger partial charge is 0.497 e.